The van der Waals surface area contributed by atoms with Crippen LogP contribution < -0.4 is 0 Å². The van der Waals surface area contributed by atoms with E-state index < -0.39 is 0 Å². The molecule has 1 aliphatic rings. The molecule has 5 nitrogen and oxygen atoms in total. The summed E-state index contributed by atoms with van der Waals surface area (Å²) in [5, 5.41) is 9.23. The number of fused-ring (bicyclic) bond motifs is 1. The van der Waals surface area contributed by atoms with Crippen LogP contribution in [-0.2, 0) is 7.05 Å². The highest BCUT2D eigenvalue weighted by Crippen LogP contribution is 2.34. The molecule has 0 N–H and O–H groups in total. The number of halogens is 1. The van der Waals surface area contributed by atoms with E-state index in [1.165, 1.54) is 32.1 Å². The second kappa shape index (κ2) is 5.39. The molecule has 4 rings (SSSR count). The highest BCUT2D eigenvalue weighted by Gasteiger charge is 2.20. The molecule has 3 aromatic rings. The van der Waals surface area contributed by atoms with Crippen LogP contribution in [0, 0.1) is 0 Å². The Hall–Kier alpha value is -1.88. The smallest absolute Gasteiger partial charge is 0.164 e. The van der Waals surface area contributed by atoms with Gasteiger partial charge in [0.2, 0.25) is 0 Å². The van der Waals surface area contributed by atoms with Crippen molar-refractivity contribution in [1.82, 2.24) is 24.4 Å². The summed E-state index contributed by atoms with van der Waals surface area (Å²) in [6, 6.07) is 1.98. The lowest BCUT2D eigenvalue weighted by Gasteiger charge is -2.21. The fourth-order valence-electron chi connectivity index (χ4n) is 3.32. The van der Waals surface area contributed by atoms with Crippen molar-refractivity contribution in [2.24, 2.45) is 7.05 Å². The molecule has 0 unspecified atom stereocenters. The molecular weight excluding hydrogens is 298 g/mol. The third kappa shape index (κ3) is 2.29. The number of nitrogens with zero attached hydrogens (tertiary/aromatic N) is 5. The van der Waals surface area contributed by atoms with Crippen LogP contribution >= 0.6 is 11.6 Å². The van der Waals surface area contributed by atoms with E-state index in [2.05, 4.69) is 10.2 Å². The fourth-order valence-corrected chi connectivity index (χ4v) is 3.55. The van der Waals surface area contributed by atoms with Gasteiger partial charge in [-0.3, -0.25) is 4.68 Å². The van der Waals surface area contributed by atoms with Crippen molar-refractivity contribution in [2.75, 3.05) is 0 Å². The summed E-state index contributed by atoms with van der Waals surface area (Å²) in [6.07, 6.45) is 11.9. The van der Waals surface area contributed by atoms with Crippen LogP contribution in [0.2, 0.25) is 5.15 Å². The highest BCUT2D eigenvalue weighted by molar-refractivity contribution is 6.29. The number of rotatable bonds is 2. The molecule has 3 aromatic heterocycles. The second-order valence-corrected chi connectivity index (χ2v) is 6.42. The molecule has 6 heteroatoms. The minimum atomic E-state index is 0.521. The molecular formula is C16H18ClN5. The van der Waals surface area contributed by atoms with Gasteiger partial charge in [0.25, 0.3) is 0 Å². The second-order valence-electron chi connectivity index (χ2n) is 6.03. The topological polar surface area (TPSA) is 48.0 Å². The Balaban J connectivity index is 1.84. The first-order chi connectivity index (χ1) is 10.7. The van der Waals surface area contributed by atoms with E-state index >= 15 is 0 Å². The zero-order valence-corrected chi connectivity index (χ0v) is 13.3. The maximum absolute atomic E-state index is 6.43. The molecule has 1 saturated carbocycles. The molecule has 0 saturated heterocycles. The first-order valence-electron chi connectivity index (χ1n) is 7.75. The maximum atomic E-state index is 6.43. The van der Waals surface area contributed by atoms with Gasteiger partial charge in [-0.2, -0.15) is 10.2 Å². The summed E-state index contributed by atoms with van der Waals surface area (Å²) in [5.41, 5.74) is 3.92. The summed E-state index contributed by atoms with van der Waals surface area (Å²) in [7, 11) is 1.91. The standard InChI is InChI=1S/C16H18ClN5/c1-21-10-12(8-18-21)13-9-19-22-15(17)7-14(20-16(13)22)11-5-3-2-4-6-11/h7-11H,2-6H2,1H3. The van der Waals surface area contributed by atoms with Gasteiger partial charge in [0.15, 0.2) is 5.65 Å². The average molecular weight is 316 g/mol. The molecule has 114 valence electrons. The molecule has 0 bridgehead atoms. The molecule has 22 heavy (non-hydrogen) atoms. The quantitative estimate of drug-likeness (QED) is 0.675. The van der Waals surface area contributed by atoms with E-state index in [0.29, 0.717) is 11.1 Å². The molecule has 1 aliphatic carbocycles. The predicted molar refractivity (Wildman–Crippen MR) is 86.0 cm³/mol. The molecule has 0 radical (unpaired) electrons. The van der Waals surface area contributed by atoms with Gasteiger partial charge >= 0.3 is 0 Å². The Kier molecular flexibility index (Phi) is 3.37. The molecule has 0 aromatic carbocycles. The van der Waals surface area contributed by atoms with Crippen molar-refractivity contribution in [1.29, 1.82) is 0 Å². The van der Waals surface area contributed by atoms with Gasteiger partial charge in [0, 0.05) is 36.0 Å². The average Bonchev–Trinajstić information content (AvgIpc) is 3.14. The Morgan fingerprint density at radius 1 is 1.14 bits per heavy atom. The van der Waals surface area contributed by atoms with E-state index in [4.69, 9.17) is 16.6 Å². The number of hydrogen-bond acceptors (Lipinski definition) is 3. The van der Waals surface area contributed by atoms with Crippen molar-refractivity contribution in [2.45, 2.75) is 38.0 Å². The van der Waals surface area contributed by atoms with Gasteiger partial charge < -0.3 is 0 Å². The van der Waals surface area contributed by atoms with Gasteiger partial charge in [0.1, 0.15) is 5.15 Å². The lowest BCUT2D eigenvalue weighted by atomic mass is 9.87. The first kappa shape index (κ1) is 13.8. The largest absolute Gasteiger partial charge is 0.275 e. The van der Waals surface area contributed by atoms with Crippen LogP contribution in [0.3, 0.4) is 0 Å². The Bertz CT molecular complexity index is 813. The van der Waals surface area contributed by atoms with Crippen LogP contribution in [0.25, 0.3) is 16.8 Å². The van der Waals surface area contributed by atoms with Gasteiger partial charge in [0.05, 0.1) is 12.4 Å². The third-order valence-corrected chi connectivity index (χ3v) is 4.76. The monoisotopic (exact) mass is 315 g/mol. The molecule has 0 amide bonds. The van der Waals surface area contributed by atoms with Crippen LogP contribution in [0.15, 0.2) is 24.7 Å². The van der Waals surface area contributed by atoms with Crippen LogP contribution in [0.1, 0.15) is 43.7 Å². The van der Waals surface area contributed by atoms with Crippen LogP contribution in [-0.4, -0.2) is 24.4 Å². The van der Waals surface area contributed by atoms with E-state index in [1.807, 2.05) is 31.7 Å². The predicted octanol–water partition coefficient (Wildman–Crippen LogP) is 3.83. The summed E-state index contributed by atoms with van der Waals surface area (Å²) in [5.74, 6) is 0.521. The summed E-state index contributed by atoms with van der Waals surface area (Å²) in [6.45, 7) is 0. The minimum absolute atomic E-state index is 0.521. The van der Waals surface area contributed by atoms with Crippen molar-refractivity contribution < 1.29 is 0 Å². The van der Waals surface area contributed by atoms with Crippen molar-refractivity contribution in [3.63, 3.8) is 0 Å². The van der Waals surface area contributed by atoms with E-state index in [-0.39, 0.29) is 0 Å². The molecule has 1 fully saturated rings. The Labute approximate surface area is 133 Å². The van der Waals surface area contributed by atoms with Gasteiger partial charge in [-0.25, -0.2) is 9.50 Å². The van der Waals surface area contributed by atoms with E-state index in [9.17, 15) is 0 Å². The van der Waals surface area contributed by atoms with Crippen molar-refractivity contribution >= 4 is 17.2 Å². The number of aryl methyl sites for hydroxylation is 1. The highest BCUT2D eigenvalue weighted by atomic mass is 35.5. The zero-order valence-electron chi connectivity index (χ0n) is 12.5. The van der Waals surface area contributed by atoms with E-state index in [0.717, 1.165) is 22.5 Å². The van der Waals surface area contributed by atoms with Crippen molar-refractivity contribution in [3.8, 4) is 11.1 Å². The Morgan fingerprint density at radius 2 is 1.95 bits per heavy atom. The normalized spacial score (nSPS) is 16.5. The molecule has 0 spiro atoms. The van der Waals surface area contributed by atoms with Gasteiger partial charge in [-0.15, -0.1) is 0 Å². The number of hydrogen-bond donors (Lipinski definition) is 0. The van der Waals surface area contributed by atoms with E-state index in [1.54, 1.807) is 9.20 Å². The first-order valence-corrected chi connectivity index (χ1v) is 8.13. The van der Waals surface area contributed by atoms with Crippen LogP contribution in [0.4, 0.5) is 0 Å². The molecule has 3 heterocycles. The maximum Gasteiger partial charge on any atom is 0.164 e. The fraction of sp³-hybridized carbons (Fsp3) is 0.438. The van der Waals surface area contributed by atoms with Gasteiger partial charge in [-0.05, 0) is 18.9 Å². The molecule has 0 aliphatic heterocycles. The van der Waals surface area contributed by atoms with Crippen LogP contribution in [0.5, 0.6) is 0 Å². The minimum Gasteiger partial charge on any atom is -0.275 e. The zero-order chi connectivity index (χ0) is 15.1. The third-order valence-electron chi connectivity index (χ3n) is 4.49. The molecule has 0 atom stereocenters. The number of aromatic nitrogens is 5. The summed E-state index contributed by atoms with van der Waals surface area (Å²) >= 11 is 6.43. The summed E-state index contributed by atoms with van der Waals surface area (Å²) < 4.78 is 3.49. The lowest BCUT2D eigenvalue weighted by molar-refractivity contribution is 0.437. The lowest BCUT2D eigenvalue weighted by Crippen LogP contribution is -2.08. The van der Waals surface area contributed by atoms with Gasteiger partial charge in [-0.1, -0.05) is 30.9 Å². The van der Waals surface area contributed by atoms with Crippen molar-refractivity contribution in [3.05, 3.63) is 35.5 Å². The Morgan fingerprint density at radius 3 is 2.68 bits per heavy atom. The summed E-state index contributed by atoms with van der Waals surface area (Å²) in [4.78, 5) is 4.88. The SMILES string of the molecule is Cn1cc(-c2cnn3c(Cl)cc(C4CCCCC4)nc23)cn1.